The maximum atomic E-state index is 12.6. The van der Waals surface area contributed by atoms with E-state index in [-0.39, 0.29) is 50.8 Å². The van der Waals surface area contributed by atoms with E-state index >= 15 is 0 Å². The highest BCUT2D eigenvalue weighted by molar-refractivity contribution is 6.36. The minimum Gasteiger partial charge on any atom is -0.489 e. The highest BCUT2D eigenvalue weighted by Crippen LogP contribution is 2.36. The molecular formula is C37H34Cl4F4N2O7. The smallest absolute Gasteiger partial charge is 0.387 e. The first-order valence-corrected chi connectivity index (χ1v) is 17.8. The topological polar surface area (TPSA) is 106 Å². The van der Waals surface area contributed by atoms with Gasteiger partial charge in [-0.3, -0.25) is 14.8 Å². The van der Waals surface area contributed by atoms with E-state index in [1.54, 1.807) is 12.4 Å². The van der Waals surface area contributed by atoms with E-state index < -0.39 is 19.2 Å². The van der Waals surface area contributed by atoms with Gasteiger partial charge in [0.1, 0.15) is 0 Å². The fourth-order valence-electron chi connectivity index (χ4n) is 4.38. The molecule has 17 heteroatoms. The fourth-order valence-corrected chi connectivity index (χ4v) is 5.24. The molecule has 290 valence electrons. The summed E-state index contributed by atoms with van der Waals surface area (Å²) in [6, 6.07) is 8.11. The molecule has 0 atom stereocenters. The highest BCUT2D eigenvalue weighted by atomic mass is 35.5. The van der Waals surface area contributed by atoms with E-state index in [0.717, 1.165) is 31.2 Å². The van der Waals surface area contributed by atoms with E-state index in [1.807, 2.05) is 6.92 Å². The molecule has 2 aromatic heterocycles. The molecule has 2 aliphatic rings. The van der Waals surface area contributed by atoms with E-state index in [2.05, 4.69) is 24.2 Å². The summed E-state index contributed by atoms with van der Waals surface area (Å²) in [5.41, 5.74) is 1.87. The van der Waals surface area contributed by atoms with Crippen LogP contribution in [0, 0.1) is 18.8 Å². The summed E-state index contributed by atoms with van der Waals surface area (Å²) in [7, 11) is 1.25. The summed E-state index contributed by atoms with van der Waals surface area (Å²) in [6.07, 6.45) is 10.1. The molecule has 0 aliphatic heterocycles. The Bertz CT molecular complexity index is 1860. The van der Waals surface area contributed by atoms with Crippen LogP contribution in [0.15, 0.2) is 61.2 Å². The molecule has 6 rings (SSSR count). The number of alkyl halides is 4. The molecule has 4 aromatic rings. The van der Waals surface area contributed by atoms with Crippen molar-refractivity contribution in [3.05, 3.63) is 104 Å². The molecule has 0 N–H and O–H groups in total. The number of Topliss-reactive ketones (excluding diaryl/α,β-unsaturated/α-hetero) is 1. The Morgan fingerprint density at radius 1 is 0.685 bits per heavy atom. The number of hydrogen-bond donors (Lipinski definition) is 0. The lowest BCUT2D eigenvalue weighted by molar-refractivity contribution is -0.0521. The molecule has 2 aliphatic carbocycles. The molecule has 2 fully saturated rings. The van der Waals surface area contributed by atoms with Crippen molar-refractivity contribution < 1.29 is 50.8 Å². The van der Waals surface area contributed by atoms with Crippen LogP contribution in [0.25, 0.3) is 0 Å². The Labute approximate surface area is 328 Å². The number of carbonyl (C=O) groups is 2. The minimum absolute atomic E-state index is 0.0443. The van der Waals surface area contributed by atoms with Crippen molar-refractivity contribution >= 4 is 58.2 Å². The van der Waals surface area contributed by atoms with Crippen LogP contribution in [0.4, 0.5) is 17.6 Å². The molecule has 2 saturated carbocycles. The Morgan fingerprint density at radius 3 is 1.52 bits per heavy atom. The monoisotopic (exact) mass is 834 g/mol. The number of pyridine rings is 2. The van der Waals surface area contributed by atoms with Crippen molar-refractivity contribution in [1.82, 2.24) is 9.97 Å². The molecule has 9 nitrogen and oxygen atoms in total. The first-order chi connectivity index (χ1) is 25.7. The number of ether oxygens (including phenoxy) is 5. The Hall–Kier alpha value is -4.04. The van der Waals surface area contributed by atoms with Crippen LogP contribution in [0.3, 0.4) is 0 Å². The van der Waals surface area contributed by atoms with Crippen LogP contribution in [0.1, 0.15) is 57.5 Å². The van der Waals surface area contributed by atoms with E-state index in [4.69, 9.17) is 55.9 Å². The second kappa shape index (κ2) is 20.6. The van der Waals surface area contributed by atoms with Gasteiger partial charge in [0.15, 0.2) is 28.8 Å². The second-order valence-electron chi connectivity index (χ2n) is 12.0. The summed E-state index contributed by atoms with van der Waals surface area (Å²) in [5, 5.41) is 1.80. The molecule has 0 bridgehead atoms. The van der Waals surface area contributed by atoms with Gasteiger partial charge in [-0.05, 0) is 86.4 Å². The average molecular weight is 836 g/mol. The normalized spacial score (nSPS) is 13.3. The fraction of sp³-hybridized carbons (Fsp3) is 0.351. The summed E-state index contributed by atoms with van der Waals surface area (Å²) in [4.78, 5) is 31.6. The molecule has 2 aromatic carbocycles. The third kappa shape index (κ3) is 13.7. The van der Waals surface area contributed by atoms with Crippen LogP contribution in [-0.2, 0) is 11.2 Å². The average Bonchev–Trinajstić information content (AvgIpc) is 4.07. The predicted molar refractivity (Wildman–Crippen MR) is 195 cm³/mol. The zero-order valence-electron chi connectivity index (χ0n) is 28.8. The van der Waals surface area contributed by atoms with Crippen LogP contribution in [-0.4, -0.2) is 55.3 Å². The minimum atomic E-state index is -2.98. The van der Waals surface area contributed by atoms with Crippen molar-refractivity contribution in [1.29, 1.82) is 0 Å². The quantitative estimate of drug-likeness (QED) is 0.0697. The Kier molecular flexibility index (Phi) is 16.3. The van der Waals surface area contributed by atoms with Gasteiger partial charge < -0.3 is 23.7 Å². The first-order valence-electron chi connectivity index (χ1n) is 16.3. The van der Waals surface area contributed by atoms with Crippen molar-refractivity contribution in [3.63, 3.8) is 0 Å². The maximum absolute atomic E-state index is 12.6. The number of aromatic nitrogens is 2. The van der Waals surface area contributed by atoms with Gasteiger partial charge in [-0.2, -0.15) is 17.6 Å². The van der Waals surface area contributed by atoms with Gasteiger partial charge in [0.2, 0.25) is 0 Å². The SMILES string of the molecule is COC(=O)c1ccc(OC(F)F)c(OCC2CC2)c1.Cc1c(Cl)cncc1Cl.O=C(Cc1c(Cl)cncc1Cl)c1ccc(OC(F)F)c(OCC2CC2)c1. The number of carbonyl (C=O) groups excluding carboxylic acids is 2. The van der Waals surface area contributed by atoms with Gasteiger partial charge in [0.05, 0.1) is 46.0 Å². The zero-order chi connectivity index (χ0) is 39.4. The van der Waals surface area contributed by atoms with Crippen molar-refractivity contribution in [2.75, 3.05) is 20.3 Å². The number of esters is 1. The second-order valence-corrected chi connectivity index (χ2v) is 13.6. The largest absolute Gasteiger partial charge is 0.489 e. The van der Waals surface area contributed by atoms with Crippen LogP contribution >= 0.6 is 46.4 Å². The highest BCUT2D eigenvalue weighted by Gasteiger charge is 2.25. The van der Waals surface area contributed by atoms with Gasteiger partial charge in [-0.15, -0.1) is 0 Å². The van der Waals surface area contributed by atoms with Crippen LogP contribution < -0.4 is 18.9 Å². The number of ketones is 1. The summed E-state index contributed by atoms with van der Waals surface area (Å²) >= 11 is 23.4. The number of methoxy groups -OCH3 is 1. The van der Waals surface area contributed by atoms with Gasteiger partial charge in [-0.1, -0.05) is 46.4 Å². The lowest BCUT2D eigenvalue weighted by Gasteiger charge is -2.13. The Morgan fingerprint density at radius 2 is 1.11 bits per heavy atom. The number of halogens is 8. The van der Waals surface area contributed by atoms with Crippen LogP contribution in [0.5, 0.6) is 23.0 Å². The van der Waals surface area contributed by atoms with E-state index in [0.29, 0.717) is 46.2 Å². The molecule has 54 heavy (non-hydrogen) atoms. The van der Waals surface area contributed by atoms with Gasteiger partial charge >= 0.3 is 19.2 Å². The summed E-state index contributed by atoms with van der Waals surface area (Å²) in [5.74, 6) is 0.120. The molecule has 0 spiro atoms. The lowest BCUT2D eigenvalue weighted by atomic mass is 10.0. The number of hydrogen-bond acceptors (Lipinski definition) is 9. The van der Waals surface area contributed by atoms with E-state index in [1.165, 1.54) is 55.9 Å². The molecular weight excluding hydrogens is 802 g/mol. The molecule has 0 amide bonds. The van der Waals surface area contributed by atoms with Gasteiger partial charge in [-0.25, -0.2) is 4.79 Å². The zero-order valence-corrected chi connectivity index (χ0v) is 31.8. The summed E-state index contributed by atoms with van der Waals surface area (Å²) < 4.78 is 74.1. The molecule has 0 radical (unpaired) electrons. The molecule has 2 heterocycles. The van der Waals surface area contributed by atoms with Crippen molar-refractivity contribution in [3.8, 4) is 23.0 Å². The molecule has 0 saturated heterocycles. The number of benzene rings is 2. The van der Waals surface area contributed by atoms with E-state index in [9.17, 15) is 27.2 Å². The lowest BCUT2D eigenvalue weighted by Crippen LogP contribution is -2.09. The molecule has 0 unspecified atom stereocenters. The third-order valence-corrected chi connectivity index (χ3v) is 9.20. The van der Waals surface area contributed by atoms with Gasteiger partial charge in [0.25, 0.3) is 0 Å². The Balaban J connectivity index is 0.000000202. The first kappa shape index (κ1) is 42.7. The predicted octanol–water partition coefficient (Wildman–Crippen LogP) is 10.8. The third-order valence-electron chi connectivity index (χ3n) is 7.79. The van der Waals surface area contributed by atoms with Gasteiger partial charge in [0, 0.05) is 42.3 Å². The summed E-state index contributed by atoms with van der Waals surface area (Å²) in [6.45, 7) is -3.22. The van der Waals surface area contributed by atoms with Crippen molar-refractivity contribution in [2.45, 2.75) is 52.3 Å². The number of rotatable bonds is 14. The maximum Gasteiger partial charge on any atom is 0.387 e. The van der Waals surface area contributed by atoms with Crippen LogP contribution in [0.2, 0.25) is 20.1 Å². The number of nitrogens with zero attached hydrogens (tertiary/aromatic N) is 2. The van der Waals surface area contributed by atoms with Crippen molar-refractivity contribution in [2.24, 2.45) is 11.8 Å². The standard InChI is InChI=1S/C18H15Cl2F2NO3.C13H14F2O4.C6H5Cl2N/c19-13-7-23-8-14(20)12(13)6-15(24)11-3-4-16(26-18(21)22)17(5-11)25-9-10-1-2-10;1-17-12(16)9-4-5-10(19-13(14)15)11(6-9)18-7-8-2-3-8;1-4-5(7)2-9-3-6(4)8/h3-5,7-8,10,18H,1-2,6,9H2;4-6,8,13H,2-3,7H2,1H3;2-3H,1H3.